The predicted octanol–water partition coefficient (Wildman–Crippen LogP) is 2.56. The zero-order valence-electron chi connectivity index (χ0n) is 16.7. The highest BCUT2D eigenvalue weighted by Gasteiger charge is 2.24. The highest BCUT2D eigenvalue weighted by Crippen LogP contribution is 2.31. The minimum Gasteiger partial charge on any atom is -0.480 e. The van der Waals surface area contributed by atoms with Crippen molar-refractivity contribution in [1.29, 1.82) is 0 Å². The predicted molar refractivity (Wildman–Crippen MR) is 115 cm³/mol. The van der Waals surface area contributed by atoms with Crippen LogP contribution in [0.25, 0.3) is 16.8 Å². The van der Waals surface area contributed by atoms with Gasteiger partial charge in [-0.15, -0.1) is 0 Å². The van der Waals surface area contributed by atoms with Gasteiger partial charge in [-0.25, -0.2) is 18.4 Å². The molecule has 0 unspecified atom stereocenters. The molecule has 0 amide bonds. The third-order valence-corrected chi connectivity index (χ3v) is 6.50. The van der Waals surface area contributed by atoms with E-state index in [1.54, 1.807) is 38.2 Å². The molecular formula is C19H17ClN6O4S. The Morgan fingerprint density at radius 2 is 1.94 bits per heavy atom. The van der Waals surface area contributed by atoms with E-state index in [0.29, 0.717) is 28.2 Å². The summed E-state index contributed by atoms with van der Waals surface area (Å²) in [4.78, 5) is 20.7. The van der Waals surface area contributed by atoms with Crippen LogP contribution in [0.3, 0.4) is 0 Å². The second kappa shape index (κ2) is 7.67. The van der Waals surface area contributed by atoms with Gasteiger partial charge in [-0.3, -0.25) is 19.0 Å². The zero-order chi connectivity index (χ0) is 22.3. The Kier molecular flexibility index (Phi) is 5.15. The fourth-order valence-corrected chi connectivity index (χ4v) is 4.76. The van der Waals surface area contributed by atoms with Crippen LogP contribution in [0.5, 0.6) is 5.88 Å². The first-order valence-electron chi connectivity index (χ1n) is 8.97. The topological polar surface area (TPSA) is 131 Å². The molecule has 0 aliphatic rings. The van der Waals surface area contributed by atoms with E-state index in [1.807, 2.05) is 0 Å². The molecule has 0 spiro atoms. The van der Waals surface area contributed by atoms with Crippen LogP contribution in [0.1, 0.15) is 11.4 Å². The Labute approximate surface area is 181 Å². The number of H-pyrrole nitrogens is 1. The summed E-state index contributed by atoms with van der Waals surface area (Å²) in [6.45, 7) is 3.21. The number of fused-ring (bicyclic) bond motifs is 1. The molecule has 0 saturated heterocycles. The lowest BCUT2D eigenvalue weighted by Crippen LogP contribution is -2.16. The number of methoxy groups -OCH3 is 1. The minimum absolute atomic E-state index is 0.0122. The van der Waals surface area contributed by atoms with E-state index in [1.165, 1.54) is 23.9 Å². The monoisotopic (exact) mass is 460 g/mol. The molecule has 4 heterocycles. The molecule has 4 aromatic heterocycles. The Morgan fingerprint density at radius 1 is 1.16 bits per heavy atom. The van der Waals surface area contributed by atoms with Crippen LogP contribution in [0.2, 0.25) is 5.02 Å². The zero-order valence-corrected chi connectivity index (χ0v) is 18.2. The number of rotatable bonds is 5. The van der Waals surface area contributed by atoms with Gasteiger partial charge in [-0.05, 0) is 32.0 Å². The van der Waals surface area contributed by atoms with Gasteiger partial charge >= 0.3 is 0 Å². The van der Waals surface area contributed by atoms with E-state index in [9.17, 15) is 13.2 Å². The molecule has 0 atom stereocenters. The lowest BCUT2D eigenvalue weighted by atomic mass is 10.1. The minimum atomic E-state index is -3.96. The van der Waals surface area contributed by atoms with Gasteiger partial charge in [0, 0.05) is 23.5 Å². The third-order valence-electron chi connectivity index (χ3n) is 4.61. The number of hydrogen-bond donors (Lipinski definition) is 2. The van der Waals surface area contributed by atoms with Crippen molar-refractivity contribution in [3.63, 3.8) is 0 Å². The van der Waals surface area contributed by atoms with Crippen molar-refractivity contribution < 1.29 is 13.2 Å². The van der Waals surface area contributed by atoms with E-state index in [4.69, 9.17) is 16.3 Å². The summed E-state index contributed by atoms with van der Waals surface area (Å²) in [5, 5.41) is 6.58. The smallest absolute Gasteiger partial charge is 0.276 e. The number of halogens is 1. The number of hydrogen-bond acceptors (Lipinski definition) is 7. The van der Waals surface area contributed by atoms with Crippen molar-refractivity contribution in [3.05, 3.63) is 63.6 Å². The Hall–Kier alpha value is -3.44. The van der Waals surface area contributed by atoms with E-state index < -0.39 is 15.6 Å². The van der Waals surface area contributed by atoms with Crippen LogP contribution >= 0.6 is 11.6 Å². The van der Waals surface area contributed by atoms with Crippen LogP contribution in [0, 0.1) is 13.8 Å². The molecule has 4 rings (SSSR count). The molecule has 160 valence electrons. The number of nitrogens with zero attached hydrogens (tertiary/aromatic N) is 4. The molecule has 10 nitrogen and oxygen atoms in total. The van der Waals surface area contributed by atoms with E-state index in [0.717, 1.165) is 0 Å². The second-order valence-corrected chi connectivity index (χ2v) is 8.73. The average molecular weight is 461 g/mol. The standard InChI is InChI=1S/C19H17ClN6O4S/c1-10-17(11(2)24-23-10)31(28,29)25-15-6-13(7-22-18(15)30-3)12-4-5-16-21-8-14(20)19(27)26(16)9-12/h4-9,25H,1-3H3,(H,23,24). The first kappa shape index (κ1) is 20.8. The first-order chi connectivity index (χ1) is 14.7. The molecule has 0 radical (unpaired) electrons. The highest BCUT2D eigenvalue weighted by molar-refractivity contribution is 7.92. The fraction of sp³-hybridized carbons (Fsp3) is 0.158. The molecule has 0 aliphatic carbocycles. The number of nitrogens with one attached hydrogen (secondary N) is 2. The molecule has 31 heavy (non-hydrogen) atoms. The van der Waals surface area contributed by atoms with Crippen LogP contribution in [0.15, 0.2) is 46.5 Å². The molecule has 0 bridgehead atoms. The summed E-state index contributed by atoms with van der Waals surface area (Å²) in [6, 6.07) is 4.96. The van der Waals surface area contributed by atoms with Gasteiger partial charge < -0.3 is 4.74 Å². The second-order valence-electron chi connectivity index (χ2n) is 6.71. The molecule has 0 saturated carbocycles. The number of pyridine rings is 2. The summed E-state index contributed by atoms with van der Waals surface area (Å²) in [7, 11) is -2.57. The number of ether oxygens (including phenoxy) is 1. The van der Waals surface area contributed by atoms with Crippen molar-refractivity contribution in [2.24, 2.45) is 0 Å². The van der Waals surface area contributed by atoms with Gasteiger partial charge in [0.2, 0.25) is 5.88 Å². The first-order valence-corrected chi connectivity index (χ1v) is 10.8. The van der Waals surface area contributed by atoms with E-state index >= 15 is 0 Å². The maximum absolute atomic E-state index is 13.0. The van der Waals surface area contributed by atoms with Crippen LogP contribution in [-0.4, -0.2) is 40.1 Å². The summed E-state index contributed by atoms with van der Waals surface area (Å²) in [5.74, 6) is 0.0915. The van der Waals surface area contributed by atoms with Crippen LogP contribution < -0.4 is 15.0 Å². The summed E-state index contributed by atoms with van der Waals surface area (Å²) in [5.41, 5.74) is 2.04. The normalized spacial score (nSPS) is 11.6. The van der Waals surface area contributed by atoms with Gasteiger partial charge in [0.15, 0.2) is 0 Å². The van der Waals surface area contributed by atoms with Crippen molar-refractivity contribution >= 4 is 33.0 Å². The fourth-order valence-electron chi connectivity index (χ4n) is 3.20. The molecule has 12 heteroatoms. The number of aromatic amines is 1. The lowest BCUT2D eigenvalue weighted by molar-refractivity contribution is 0.400. The van der Waals surface area contributed by atoms with Gasteiger partial charge in [-0.2, -0.15) is 5.10 Å². The molecule has 0 fully saturated rings. The SMILES string of the molecule is COc1ncc(-c2ccc3ncc(Cl)c(=O)n3c2)cc1NS(=O)(=O)c1c(C)n[nH]c1C. The lowest BCUT2D eigenvalue weighted by Gasteiger charge is -2.13. The van der Waals surface area contributed by atoms with Crippen molar-refractivity contribution in [2.45, 2.75) is 18.7 Å². The molecule has 4 aromatic rings. The summed E-state index contributed by atoms with van der Waals surface area (Å²) in [6.07, 6.45) is 4.36. The average Bonchev–Trinajstić information content (AvgIpc) is 3.09. The maximum Gasteiger partial charge on any atom is 0.276 e. The third kappa shape index (κ3) is 3.73. The van der Waals surface area contributed by atoms with Crippen molar-refractivity contribution in [3.8, 4) is 17.0 Å². The highest BCUT2D eigenvalue weighted by atomic mass is 35.5. The Bertz CT molecular complexity index is 1460. The number of aromatic nitrogens is 5. The number of sulfonamides is 1. The number of aryl methyl sites for hydroxylation is 2. The molecule has 0 aromatic carbocycles. The van der Waals surface area contributed by atoms with Crippen molar-refractivity contribution in [2.75, 3.05) is 11.8 Å². The van der Waals surface area contributed by atoms with Gasteiger partial charge in [0.1, 0.15) is 21.3 Å². The quantitative estimate of drug-likeness (QED) is 0.467. The Morgan fingerprint density at radius 3 is 2.61 bits per heavy atom. The van der Waals surface area contributed by atoms with Crippen molar-refractivity contribution in [1.82, 2.24) is 24.6 Å². The maximum atomic E-state index is 13.0. The molecule has 2 N–H and O–H groups in total. The number of anilines is 1. The largest absolute Gasteiger partial charge is 0.480 e. The molecule has 0 aliphatic heterocycles. The van der Waals surface area contributed by atoms with Gasteiger partial charge in [-0.1, -0.05) is 11.6 Å². The van der Waals surface area contributed by atoms with E-state index in [-0.39, 0.29) is 21.5 Å². The molecular weight excluding hydrogens is 444 g/mol. The summed E-state index contributed by atoms with van der Waals surface area (Å²) >= 11 is 5.89. The Balaban J connectivity index is 1.81. The van der Waals surface area contributed by atoms with Gasteiger partial charge in [0.05, 0.1) is 24.7 Å². The van der Waals surface area contributed by atoms with E-state index in [2.05, 4.69) is 24.9 Å². The van der Waals surface area contributed by atoms with Crippen LogP contribution in [-0.2, 0) is 10.0 Å². The van der Waals surface area contributed by atoms with Gasteiger partial charge in [0.25, 0.3) is 15.6 Å². The van der Waals surface area contributed by atoms with Crippen LogP contribution in [0.4, 0.5) is 5.69 Å². The summed E-state index contributed by atoms with van der Waals surface area (Å²) < 4.78 is 35.0.